The average Bonchev–Trinajstić information content (AvgIpc) is 2.43. The highest BCUT2D eigenvalue weighted by molar-refractivity contribution is 9.10. The molecule has 0 aromatic heterocycles. The minimum atomic E-state index is -3.44. The van der Waals surface area contributed by atoms with Crippen LogP contribution in [0, 0.1) is 0 Å². The third kappa shape index (κ3) is 4.73. The van der Waals surface area contributed by atoms with E-state index < -0.39 is 10.0 Å². The molecule has 112 valence electrons. The summed E-state index contributed by atoms with van der Waals surface area (Å²) >= 11 is 9.23. The van der Waals surface area contributed by atoms with E-state index in [4.69, 9.17) is 11.6 Å². The average molecular weight is 389 g/mol. The summed E-state index contributed by atoms with van der Waals surface area (Å²) in [6.07, 6.45) is 0. The van der Waals surface area contributed by atoms with Crippen LogP contribution < -0.4 is 4.72 Å². The fourth-order valence-electron chi connectivity index (χ4n) is 1.99. The predicted molar refractivity (Wildman–Crippen MR) is 91.4 cm³/mol. The van der Waals surface area contributed by atoms with E-state index in [9.17, 15) is 8.42 Å². The summed E-state index contributed by atoms with van der Waals surface area (Å²) in [7, 11) is -3.44. The number of sulfonamides is 1. The summed E-state index contributed by atoms with van der Waals surface area (Å²) in [5.41, 5.74) is 1.46. The Hall–Kier alpha value is -1.04. The van der Waals surface area contributed by atoms with Gasteiger partial charge in [0.25, 0.3) is 0 Å². The summed E-state index contributed by atoms with van der Waals surface area (Å²) in [6, 6.07) is 14.5. The maximum absolute atomic E-state index is 12.2. The zero-order valence-electron chi connectivity index (χ0n) is 11.4. The molecule has 0 spiro atoms. The Bertz CT molecular complexity index is 720. The third-order valence-electron chi connectivity index (χ3n) is 3.03. The van der Waals surface area contributed by atoms with Crippen molar-refractivity contribution in [1.29, 1.82) is 0 Å². The second-order valence-corrected chi connectivity index (χ2v) is 7.85. The summed E-state index contributed by atoms with van der Waals surface area (Å²) in [5.74, 6) is -0.0698. The Balaban J connectivity index is 2.10. The van der Waals surface area contributed by atoms with Crippen molar-refractivity contribution in [3.05, 3.63) is 63.6 Å². The van der Waals surface area contributed by atoms with Crippen LogP contribution in [0.4, 0.5) is 5.69 Å². The molecule has 1 N–H and O–H groups in total. The van der Waals surface area contributed by atoms with Crippen molar-refractivity contribution in [3.8, 4) is 0 Å². The Kier molecular flexibility index (Phi) is 5.30. The van der Waals surface area contributed by atoms with Gasteiger partial charge < -0.3 is 0 Å². The maximum atomic E-state index is 12.2. The molecule has 0 bridgehead atoms. The largest absolute Gasteiger partial charge is 0.283 e. The lowest BCUT2D eigenvalue weighted by Gasteiger charge is -2.14. The van der Waals surface area contributed by atoms with Crippen molar-refractivity contribution in [2.24, 2.45) is 0 Å². The normalized spacial score (nSPS) is 12.9. The first kappa shape index (κ1) is 16.3. The molecule has 0 heterocycles. The monoisotopic (exact) mass is 387 g/mol. The molecular weight excluding hydrogens is 374 g/mol. The van der Waals surface area contributed by atoms with Gasteiger partial charge in [-0.15, -0.1) is 0 Å². The molecule has 0 aliphatic heterocycles. The smallest absolute Gasteiger partial charge is 0.233 e. The maximum Gasteiger partial charge on any atom is 0.233 e. The van der Waals surface area contributed by atoms with E-state index >= 15 is 0 Å². The number of rotatable bonds is 5. The van der Waals surface area contributed by atoms with Gasteiger partial charge in [0.05, 0.1) is 16.5 Å². The van der Waals surface area contributed by atoms with E-state index in [2.05, 4.69) is 20.7 Å². The summed E-state index contributed by atoms with van der Waals surface area (Å²) in [5, 5.41) is 0.464. The molecular formula is C15H15BrClNO2S. The van der Waals surface area contributed by atoms with Gasteiger partial charge in [0.15, 0.2) is 0 Å². The van der Waals surface area contributed by atoms with Crippen molar-refractivity contribution < 1.29 is 8.42 Å². The van der Waals surface area contributed by atoms with Crippen LogP contribution in [0.15, 0.2) is 53.0 Å². The summed E-state index contributed by atoms with van der Waals surface area (Å²) < 4.78 is 27.7. The molecule has 0 saturated carbocycles. The highest BCUT2D eigenvalue weighted by Crippen LogP contribution is 2.26. The number of hydrogen-bond acceptors (Lipinski definition) is 2. The standard InChI is InChI=1S/C15H15BrClNO2S/c1-11(12-5-3-2-4-6-12)10-21(19,20)18-13-7-8-14(16)15(17)9-13/h2-9,11,18H,10H2,1H3. The zero-order chi connectivity index (χ0) is 15.5. The fourth-order valence-corrected chi connectivity index (χ4v) is 3.84. The number of nitrogens with one attached hydrogen (secondary N) is 1. The molecule has 0 radical (unpaired) electrons. The van der Waals surface area contributed by atoms with E-state index in [1.165, 1.54) is 0 Å². The Morgan fingerprint density at radius 2 is 1.86 bits per heavy atom. The molecule has 1 unspecified atom stereocenters. The van der Waals surface area contributed by atoms with Gasteiger partial charge >= 0.3 is 0 Å². The molecule has 2 aromatic carbocycles. The predicted octanol–water partition coefficient (Wildman–Crippen LogP) is 4.65. The van der Waals surface area contributed by atoms with Crippen LogP contribution in [0.25, 0.3) is 0 Å². The number of anilines is 1. The van der Waals surface area contributed by atoms with Gasteiger partial charge in [-0.25, -0.2) is 8.42 Å². The molecule has 6 heteroatoms. The second-order valence-electron chi connectivity index (χ2n) is 4.82. The quantitative estimate of drug-likeness (QED) is 0.810. The Morgan fingerprint density at radius 1 is 1.19 bits per heavy atom. The highest BCUT2D eigenvalue weighted by atomic mass is 79.9. The molecule has 3 nitrogen and oxygen atoms in total. The van der Waals surface area contributed by atoms with Gasteiger partial charge in [-0.05, 0) is 45.6 Å². The van der Waals surface area contributed by atoms with Crippen molar-refractivity contribution in [3.63, 3.8) is 0 Å². The molecule has 0 fully saturated rings. The minimum Gasteiger partial charge on any atom is -0.283 e. The fraction of sp³-hybridized carbons (Fsp3) is 0.200. The van der Waals surface area contributed by atoms with Crippen molar-refractivity contribution in [2.75, 3.05) is 10.5 Å². The first-order valence-corrected chi connectivity index (χ1v) is 9.20. The van der Waals surface area contributed by atoms with Crippen LogP contribution in [-0.2, 0) is 10.0 Å². The lowest BCUT2D eigenvalue weighted by molar-refractivity contribution is 0.595. The van der Waals surface area contributed by atoms with Crippen LogP contribution >= 0.6 is 27.5 Å². The molecule has 1 atom stereocenters. The summed E-state index contributed by atoms with van der Waals surface area (Å²) in [6.45, 7) is 1.89. The lowest BCUT2D eigenvalue weighted by atomic mass is 10.0. The Morgan fingerprint density at radius 3 is 2.48 bits per heavy atom. The number of halogens is 2. The second kappa shape index (κ2) is 6.81. The molecule has 0 amide bonds. The Labute approximate surface area is 138 Å². The molecule has 0 aliphatic rings. The van der Waals surface area contributed by atoms with Crippen LogP contribution in [0.3, 0.4) is 0 Å². The van der Waals surface area contributed by atoms with E-state index in [0.29, 0.717) is 10.7 Å². The van der Waals surface area contributed by atoms with Crippen LogP contribution in [0.5, 0.6) is 0 Å². The van der Waals surface area contributed by atoms with Gasteiger partial charge in [0.2, 0.25) is 10.0 Å². The van der Waals surface area contributed by atoms with Crippen molar-refractivity contribution in [1.82, 2.24) is 0 Å². The van der Waals surface area contributed by atoms with E-state index in [-0.39, 0.29) is 11.7 Å². The first-order valence-electron chi connectivity index (χ1n) is 6.38. The number of benzene rings is 2. The van der Waals surface area contributed by atoms with Crippen LogP contribution in [-0.4, -0.2) is 14.2 Å². The lowest BCUT2D eigenvalue weighted by Crippen LogP contribution is -2.20. The molecule has 2 rings (SSSR count). The van der Waals surface area contributed by atoms with Gasteiger partial charge in [-0.2, -0.15) is 0 Å². The zero-order valence-corrected chi connectivity index (χ0v) is 14.5. The molecule has 0 saturated heterocycles. The van der Waals surface area contributed by atoms with Gasteiger partial charge in [-0.1, -0.05) is 48.9 Å². The van der Waals surface area contributed by atoms with Crippen molar-refractivity contribution >= 4 is 43.2 Å². The van der Waals surface area contributed by atoms with Crippen LogP contribution in [0.2, 0.25) is 5.02 Å². The van der Waals surface area contributed by atoms with Gasteiger partial charge in [-0.3, -0.25) is 4.72 Å². The number of hydrogen-bond donors (Lipinski definition) is 1. The molecule has 2 aromatic rings. The van der Waals surface area contributed by atoms with Crippen molar-refractivity contribution in [2.45, 2.75) is 12.8 Å². The minimum absolute atomic E-state index is 0.0185. The third-order valence-corrected chi connectivity index (χ3v) is 5.75. The van der Waals surface area contributed by atoms with E-state index in [0.717, 1.165) is 10.0 Å². The topological polar surface area (TPSA) is 46.2 Å². The van der Waals surface area contributed by atoms with Gasteiger partial charge in [0.1, 0.15) is 0 Å². The highest BCUT2D eigenvalue weighted by Gasteiger charge is 2.17. The van der Waals surface area contributed by atoms with E-state index in [1.54, 1.807) is 18.2 Å². The molecule has 21 heavy (non-hydrogen) atoms. The SMILES string of the molecule is CC(CS(=O)(=O)Nc1ccc(Br)c(Cl)c1)c1ccccc1. The molecule has 0 aliphatic carbocycles. The van der Waals surface area contributed by atoms with Gasteiger partial charge in [0, 0.05) is 4.47 Å². The first-order chi connectivity index (χ1) is 9.87. The summed E-state index contributed by atoms with van der Waals surface area (Å²) in [4.78, 5) is 0. The van der Waals surface area contributed by atoms with E-state index in [1.807, 2.05) is 37.3 Å². The van der Waals surface area contributed by atoms with Crippen LogP contribution in [0.1, 0.15) is 18.4 Å².